The number of hydrogen-bond acceptors (Lipinski definition) is 3. The van der Waals surface area contributed by atoms with E-state index in [0.717, 1.165) is 46.8 Å². The lowest BCUT2D eigenvalue weighted by atomic mass is 10.0. The number of aromatic nitrogens is 1. The van der Waals surface area contributed by atoms with Crippen LogP contribution in [0, 0.1) is 5.92 Å². The molecule has 1 N–H and O–H groups in total. The number of nitrogens with zero attached hydrogens (tertiary/aromatic N) is 1. The Kier molecular flexibility index (Phi) is 6.43. The average molecular weight is 374 g/mol. The summed E-state index contributed by atoms with van der Waals surface area (Å²) in [6.45, 7) is 4.08. The molecular formula is C24H26N2O2. The van der Waals surface area contributed by atoms with Gasteiger partial charge in [-0.15, -0.1) is 0 Å². The van der Waals surface area contributed by atoms with Crippen LogP contribution in [0.1, 0.15) is 26.7 Å². The minimum absolute atomic E-state index is 0.0418. The van der Waals surface area contributed by atoms with Gasteiger partial charge in [0.05, 0.1) is 18.5 Å². The standard InChI is InChI=1S/C24H26N2O2/c1-4-17(5-2)24(27)25-20-9-6-8-19(16-20)23-11-7-10-22(26-23)18-12-14-21(28-3)15-13-18/h6-17H,4-5H2,1-3H3,(H,25,27). The smallest absolute Gasteiger partial charge is 0.227 e. The molecule has 3 aromatic rings. The Morgan fingerprint density at radius 2 is 1.57 bits per heavy atom. The topological polar surface area (TPSA) is 51.2 Å². The Bertz CT molecular complexity index is 931. The van der Waals surface area contributed by atoms with E-state index in [0.29, 0.717) is 0 Å². The Labute approximate surface area is 166 Å². The van der Waals surface area contributed by atoms with Gasteiger partial charge in [0, 0.05) is 22.7 Å². The first-order valence-corrected chi connectivity index (χ1v) is 9.67. The highest BCUT2D eigenvalue weighted by molar-refractivity contribution is 5.93. The highest BCUT2D eigenvalue weighted by atomic mass is 16.5. The maximum absolute atomic E-state index is 12.4. The number of methoxy groups -OCH3 is 1. The van der Waals surface area contributed by atoms with Crippen molar-refractivity contribution in [3.8, 4) is 28.3 Å². The lowest BCUT2D eigenvalue weighted by Gasteiger charge is -2.13. The SMILES string of the molecule is CCC(CC)C(=O)Nc1cccc(-c2cccc(-c3ccc(OC)cc3)n2)c1. The molecule has 1 heterocycles. The van der Waals surface area contributed by atoms with Gasteiger partial charge in [0.1, 0.15) is 5.75 Å². The van der Waals surface area contributed by atoms with Crippen LogP contribution in [-0.2, 0) is 4.79 Å². The van der Waals surface area contributed by atoms with E-state index in [1.165, 1.54) is 0 Å². The second kappa shape index (κ2) is 9.18. The Morgan fingerprint density at radius 1 is 0.929 bits per heavy atom. The molecule has 0 aliphatic carbocycles. The van der Waals surface area contributed by atoms with Crippen LogP contribution in [0.3, 0.4) is 0 Å². The second-order valence-corrected chi connectivity index (χ2v) is 6.72. The van der Waals surface area contributed by atoms with Crippen LogP contribution in [0.4, 0.5) is 5.69 Å². The fraction of sp³-hybridized carbons (Fsp3) is 0.250. The van der Waals surface area contributed by atoms with Crippen molar-refractivity contribution in [2.45, 2.75) is 26.7 Å². The number of rotatable bonds is 7. The summed E-state index contributed by atoms with van der Waals surface area (Å²) in [6.07, 6.45) is 1.68. The van der Waals surface area contributed by atoms with E-state index in [2.05, 4.69) is 5.32 Å². The predicted octanol–water partition coefficient (Wildman–Crippen LogP) is 5.80. The van der Waals surface area contributed by atoms with Crippen molar-refractivity contribution in [1.82, 2.24) is 4.98 Å². The molecule has 2 aromatic carbocycles. The van der Waals surface area contributed by atoms with Gasteiger partial charge in [-0.1, -0.05) is 32.0 Å². The molecule has 144 valence electrons. The van der Waals surface area contributed by atoms with E-state index in [9.17, 15) is 4.79 Å². The van der Waals surface area contributed by atoms with Crippen LogP contribution < -0.4 is 10.1 Å². The van der Waals surface area contributed by atoms with Gasteiger partial charge in [-0.05, 0) is 61.4 Å². The number of carbonyl (C=O) groups is 1. The molecule has 4 nitrogen and oxygen atoms in total. The number of benzene rings is 2. The van der Waals surface area contributed by atoms with Crippen molar-refractivity contribution in [2.75, 3.05) is 12.4 Å². The van der Waals surface area contributed by atoms with Crippen molar-refractivity contribution in [1.29, 1.82) is 0 Å². The Balaban J connectivity index is 1.84. The highest BCUT2D eigenvalue weighted by Crippen LogP contribution is 2.26. The molecule has 0 unspecified atom stereocenters. The minimum atomic E-state index is 0.0418. The molecule has 3 rings (SSSR count). The number of nitrogens with one attached hydrogen (secondary N) is 1. The summed E-state index contributed by atoms with van der Waals surface area (Å²) in [4.78, 5) is 17.2. The maximum Gasteiger partial charge on any atom is 0.227 e. The Morgan fingerprint density at radius 3 is 2.21 bits per heavy atom. The van der Waals surface area contributed by atoms with Gasteiger partial charge < -0.3 is 10.1 Å². The monoisotopic (exact) mass is 374 g/mol. The summed E-state index contributed by atoms with van der Waals surface area (Å²) in [6, 6.07) is 21.7. The summed E-state index contributed by atoms with van der Waals surface area (Å²) in [5.41, 5.74) is 4.56. The number of ether oxygens (including phenoxy) is 1. The van der Waals surface area contributed by atoms with Crippen molar-refractivity contribution >= 4 is 11.6 Å². The number of anilines is 1. The zero-order chi connectivity index (χ0) is 19.9. The molecule has 0 fully saturated rings. The molecular weight excluding hydrogens is 348 g/mol. The van der Waals surface area contributed by atoms with Crippen molar-refractivity contribution in [3.05, 3.63) is 66.7 Å². The van der Waals surface area contributed by atoms with Crippen LogP contribution in [0.2, 0.25) is 0 Å². The van der Waals surface area contributed by atoms with E-state index in [1.54, 1.807) is 7.11 Å². The molecule has 0 aliphatic heterocycles. The molecule has 0 atom stereocenters. The van der Waals surface area contributed by atoms with E-state index in [1.807, 2.05) is 80.6 Å². The van der Waals surface area contributed by atoms with E-state index in [4.69, 9.17) is 9.72 Å². The van der Waals surface area contributed by atoms with Crippen molar-refractivity contribution in [2.24, 2.45) is 5.92 Å². The van der Waals surface area contributed by atoms with Gasteiger partial charge in [0.15, 0.2) is 0 Å². The summed E-state index contributed by atoms with van der Waals surface area (Å²) in [5.74, 6) is 0.933. The third-order valence-corrected chi connectivity index (χ3v) is 4.92. The first-order chi connectivity index (χ1) is 13.6. The fourth-order valence-electron chi connectivity index (χ4n) is 3.18. The van der Waals surface area contributed by atoms with Gasteiger partial charge in [-0.3, -0.25) is 4.79 Å². The predicted molar refractivity (Wildman–Crippen MR) is 114 cm³/mol. The van der Waals surface area contributed by atoms with Gasteiger partial charge in [-0.2, -0.15) is 0 Å². The zero-order valence-electron chi connectivity index (χ0n) is 16.6. The zero-order valence-corrected chi connectivity index (χ0v) is 16.6. The summed E-state index contributed by atoms with van der Waals surface area (Å²) in [5, 5.41) is 3.03. The van der Waals surface area contributed by atoms with E-state index >= 15 is 0 Å². The molecule has 0 saturated heterocycles. The van der Waals surface area contributed by atoms with Gasteiger partial charge in [0.2, 0.25) is 5.91 Å². The normalized spacial score (nSPS) is 10.7. The van der Waals surface area contributed by atoms with Crippen LogP contribution in [0.5, 0.6) is 5.75 Å². The number of carbonyl (C=O) groups excluding carboxylic acids is 1. The first-order valence-electron chi connectivity index (χ1n) is 9.67. The lowest BCUT2D eigenvalue weighted by molar-refractivity contribution is -0.120. The van der Waals surface area contributed by atoms with Crippen molar-refractivity contribution in [3.63, 3.8) is 0 Å². The molecule has 0 radical (unpaired) electrons. The third-order valence-electron chi connectivity index (χ3n) is 4.92. The quantitative estimate of drug-likeness (QED) is 0.569. The second-order valence-electron chi connectivity index (χ2n) is 6.72. The molecule has 1 amide bonds. The Hall–Kier alpha value is -3.14. The van der Waals surface area contributed by atoms with Crippen LogP contribution in [0.25, 0.3) is 22.5 Å². The summed E-state index contributed by atoms with van der Waals surface area (Å²) >= 11 is 0. The van der Waals surface area contributed by atoms with Crippen LogP contribution in [-0.4, -0.2) is 18.0 Å². The average Bonchev–Trinajstić information content (AvgIpc) is 2.75. The number of pyridine rings is 1. The minimum Gasteiger partial charge on any atom is -0.497 e. The molecule has 4 heteroatoms. The van der Waals surface area contributed by atoms with Gasteiger partial charge in [0.25, 0.3) is 0 Å². The number of amides is 1. The van der Waals surface area contributed by atoms with Gasteiger partial charge >= 0.3 is 0 Å². The van der Waals surface area contributed by atoms with Crippen LogP contribution >= 0.6 is 0 Å². The van der Waals surface area contributed by atoms with E-state index < -0.39 is 0 Å². The van der Waals surface area contributed by atoms with Gasteiger partial charge in [-0.25, -0.2) is 4.98 Å². The molecule has 28 heavy (non-hydrogen) atoms. The van der Waals surface area contributed by atoms with Crippen LogP contribution in [0.15, 0.2) is 66.7 Å². The van der Waals surface area contributed by atoms with Crippen molar-refractivity contribution < 1.29 is 9.53 Å². The van der Waals surface area contributed by atoms with E-state index in [-0.39, 0.29) is 11.8 Å². The lowest BCUT2D eigenvalue weighted by Crippen LogP contribution is -2.21. The highest BCUT2D eigenvalue weighted by Gasteiger charge is 2.14. The molecule has 0 spiro atoms. The molecule has 1 aromatic heterocycles. The largest absolute Gasteiger partial charge is 0.497 e. The molecule has 0 saturated carbocycles. The maximum atomic E-state index is 12.4. The summed E-state index contributed by atoms with van der Waals surface area (Å²) < 4.78 is 5.22. The summed E-state index contributed by atoms with van der Waals surface area (Å²) in [7, 11) is 1.66. The molecule has 0 bridgehead atoms. The first kappa shape index (κ1) is 19.6. The molecule has 0 aliphatic rings. The third kappa shape index (κ3) is 4.58. The fourth-order valence-corrected chi connectivity index (χ4v) is 3.18. The number of hydrogen-bond donors (Lipinski definition) is 1.